The Morgan fingerprint density at radius 2 is 1.68 bits per heavy atom. The van der Waals surface area contributed by atoms with Gasteiger partial charge in [-0.25, -0.2) is 9.40 Å². The van der Waals surface area contributed by atoms with Gasteiger partial charge in [0.1, 0.15) is 23.9 Å². The van der Waals surface area contributed by atoms with Gasteiger partial charge >= 0.3 is 0 Å². The molecule has 3 aromatic carbocycles. The number of hydrazone groups is 1. The summed E-state index contributed by atoms with van der Waals surface area (Å²) in [5.74, 6) is 0.0453. The third-order valence-electron chi connectivity index (χ3n) is 6.36. The molecule has 1 aliphatic rings. The fourth-order valence-corrected chi connectivity index (χ4v) is 4.39. The zero-order chi connectivity index (χ0) is 27.1. The second kappa shape index (κ2) is 12.3. The molecule has 2 amide bonds. The fraction of sp³-hybridized carbons (Fsp3) is 0.276. The third-order valence-corrected chi connectivity index (χ3v) is 6.36. The molecule has 0 radical (unpaired) electrons. The molecule has 0 spiro atoms. The van der Waals surface area contributed by atoms with Crippen molar-refractivity contribution in [3.05, 3.63) is 95.3 Å². The van der Waals surface area contributed by atoms with E-state index in [2.05, 4.69) is 5.10 Å². The highest BCUT2D eigenvalue weighted by molar-refractivity contribution is 6.04. The molecule has 0 fully saturated rings. The van der Waals surface area contributed by atoms with Crippen LogP contribution < -0.4 is 9.47 Å². The highest BCUT2D eigenvalue weighted by Gasteiger charge is 2.36. The average molecular weight is 520 g/mol. The monoisotopic (exact) mass is 519 g/mol. The van der Waals surface area contributed by atoms with Crippen LogP contribution in [-0.4, -0.2) is 68.5 Å². The molecule has 0 bridgehead atoms. The molecule has 38 heavy (non-hydrogen) atoms. The van der Waals surface area contributed by atoms with Gasteiger partial charge in [-0.2, -0.15) is 5.10 Å². The van der Waals surface area contributed by atoms with Crippen LogP contribution in [0.5, 0.6) is 11.5 Å². The number of rotatable bonds is 10. The number of hydrogen-bond acceptors (Lipinski definition) is 6. The minimum absolute atomic E-state index is 0.199. The molecular weight excluding hydrogens is 489 g/mol. The second-order valence-corrected chi connectivity index (χ2v) is 8.67. The predicted molar refractivity (Wildman–Crippen MR) is 141 cm³/mol. The number of carbonyl (C=O) groups excluding carboxylic acids is 2. The number of ether oxygens (including phenoxy) is 3. The minimum atomic E-state index is -0.534. The van der Waals surface area contributed by atoms with Gasteiger partial charge in [0, 0.05) is 36.8 Å². The standard InChI is InChI=1S/C29H30FN3O5/c1-36-17-16-32(29(35)20-12-14-21(37-2)15-13-20)19-28(34)33-26(23-9-5-7-11-27(23)38-3)18-25(31-33)22-8-4-6-10-24(22)30/h4-15,26H,16-19H2,1-3H3. The van der Waals surface area contributed by atoms with Crippen LogP contribution in [0.2, 0.25) is 0 Å². The van der Waals surface area contributed by atoms with Crippen LogP contribution in [0.3, 0.4) is 0 Å². The van der Waals surface area contributed by atoms with Gasteiger partial charge in [-0.15, -0.1) is 0 Å². The van der Waals surface area contributed by atoms with E-state index in [9.17, 15) is 14.0 Å². The van der Waals surface area contributed by atoms with Crippen LogP contribution in [0.15, 0.2) is 77.9 Å². The zero-order valence-corrected chi connectivity index (χ0v) is 21.6. The lowest BCUT2D eigenvalue weighted by Gasteiger charge is -2.27. The van der Waals surface area contributed by atoms with Crippen molar-refractivity contribution in [2.24, 2.45) is 5.10 Å². The summed E-state index contributed by atoms with van der Waals surface area (Å²) < 4.78 is 30.6. The van der Waals surface area contributed by atoms with Crippen molar-refractivity contribution >= 4 is 17.5 Å². The summed E-state index contributed by atoms with van der Waals surface area (Å²) in [6.07, 6.45) is 0.289. The van der Waals surface area contributed by atoms with E-state index < -0.39 is 17.8 Å². The molecule has 0 saturated heterocycles. The molecule has 1 atom stereocenters. The van der Waals surface area contributed by atoms with Crippen LogP contribution in [0, 0.1) is 5.82 Å². The van der Waals surface area contributed by atoms with E-state index in [0.29, 0.717) is 28.3 Å². The lowest BCUT2D eigenvalue weighted by molar-refractivity contribution is -0.133. The summed E-state index contributed by atoms with van der Waals surface area (Å²) in [4.78, 5) is 28.5. The molecule has 0 aromatic heterocycles. The van der Waals surface area contributed by atoms with Gasteiger partial charge in [0.2, 0.25) is 0 Å². The van der Waals surface area contributed by atoms with Crippen molar-refractivity contribution in [2.45, 2.75) is 12.5 Å². The Balaban J connectivity index is 1.66. The molecular formula is C29H30FN3O5. The lowest BCUT2D eigenvalue weighted by atomic mass is 9.97. The first kappa shape index (κ1) is 26.8. The molecule has 1 aliphatic heterocycles. The number of methoxy groups -OCH3 is 3. The van der Waals surface area contributed by atoms with Crippen LogP contribution >= 0.6 is 0 Å². The maximum Gasteiger partial charge on any atom is 0.262 e. The molecule has 1 unspecified atom stereocenters. The number of hydrogen-bond donors (Lipinski definition) is 0. The molecule has 1 heterocycles. The molecule has 3 aromatic rings. The van der Waals surface area contributed by atoms with Crippen molar-refractivity contribution in [2.75, 3.05) is 41.0 Å². The van der Waals surface area contributed by atoms with Gasteiger partial charge < -0.3 is 19.1 Å². The Kier molecular flexibility index (Phi) is 8.70. The van der Waals surface area contributed by atoms with Crippen LogP contribution in [0.4, 0.5) is 4.39 Å². The van der Waals surface area contributed by atoms with Crippen molar-refractivity contribution in [3.8, 4) is 11.5 Å². The minimum Gasteiger partial charge on any atom is -0.497 e. The first-order valence-corrected chi connectivity index (χ1v) is 12.2. The van der Waals surface area contributed by atoms with E-state index in [-0.39, 0.29) is 32.0 Å². The Morgan fingerprint density at radius 1 is 0.974 bits per heavy atom. The van der Waals surface area contributed by atoms with Gasteiger partial charge in [0.15, 0.2) is 0 Å². The number of nitrogens with zero attached hydrogens (tertiary/aromatic N) is 3. The van der Waals surface area contributed by atoms with Gasteiger partial charge in [-0.05, 0) is 36.4 Å². The molecule has 0 aliphatic carbocycles. The van der Waals surface area contributed by atoms with Crippen LogP contribution in [0.25, 0.3) is 0 Å². The molecule has 0 saturated carbocycles. The Hall–Kier alpha value is -4.24. The number of carbonyl (C=O) groups is 2. The van der Waals surface area contributed by atoms with Crippen LogP contribution in [-0.2, 0) is 9.53 Å². The molecule has 9 heteroatoms. The zero-order valence-electron chi connectivity index (χ0n) is 21.6. The summed E-state index contributed by atoms with van der Waals surface area (Å²) in [5, 5.41) is 5.89. The lowest BCUT2D eigenvalue weighted by Crippen LogP contribution is -2.42. The summed E-state index contributed by atoms with van der Waals surface area (Å²) in [6.45, 7) is 0.201. The Labute approximate surface area is 221 Å². The summed E-state index contributed by atoms with van der Waals surface area (Å²) in [5.41, 5.74) is 1.92. The second-order valence-electron chi connectivity index (χ2n) is 8.67. The van der Waals surface area contributed by atoms with Crippen molar-refractivity contribution in [1.82, 2.24) is 9.91 Å². The van der Waals surface area contributed by atoms with Gasteiger partial charge in [-0.3, -0.25) is 9.59 Å². The summed E-state index contributed by atoms with van der Waals surface area (Å²) in [6, 6.07) is 19.8. The number of para-hydroxylation sites is 1. The largest absolute Gasteiger partial charge is 0.497 e. The predicted octanol–water partition coefficient (Wildman–Crippen LogP) is 4.31. The topological polar surface area (TPSA) is 80.7 Å². The SMILES string of the molecule is COCCN(CC(=O)N1N=C(c2ccccc2F)CC1c1ccccc1OC)C(=O)c1ccc(OC)cc1. The van der Waals surface area contributed by atoms with Gasteiger partial charge in [-0.1, -0.05) is 36.4 Å². The third kappa shape index (κ3) is 5.84. The molecule has 0 N–H and O–H groups in total. The van der Waals surface area contributed by atoms with E-state index in [1.165, 1.54) is 23.1 Å². The first-order chi connectivity index (χ1) is 18.5. The fourth-order valence-electron chi connectivity index (χ4n) is 4.39. The highest BCUT2D eigenvalue weighted by atomic mass is 19.1. The van der Waals surface area contributed by atoms with Crippen molar-refractivity contribution in [1.29, 1.82) is 0 Å². The van der Waals surface area contributed by atoms with E-state index >= 15 is 0 Å². The number of halogens is 1. The first-order valence-electron chi connectivity index (χ1n) is 12.2. The van der Waals surface area contributed by atoms with E-state index in [1.54, 1.807) is 62.8 Å². The maximum atomic E-state index is 14.7. The number of amides is 2. The van der Waals surface area contributed by atoms with Crippen molar-refractivity contribution in [3.63, 3.8) is 0 Å². The highest BCUT2D eigenvalue weighted by Crippen LogP contribution is 2.37. The van der Waals surface area contributed by atoms with E-state index in [1.807, 2.05) is 18.2 Å². The normalized spacial score (nSPS) is 14.7. The smallest absolute Gasteiger partial charge is 0.262 e. The summed E-state index contributed by atoms with van der Waals surface area (Å²) in [7, 11) is 4.63. The molecule has 8 nitrogen and oxygen atoms in total. The summed E-state index contributed by atoms with van der Waals surface area (Å²) >= 11 is 0. The quantitative estimate of drug-likeness (QED) is 0.399. The van der Waals surface area contributed by atoms with Gasteiger partial charge in [0.25, 0.3) is 11.8 Å². The average Bonchev–Trinajstić information content (AvgIpc) is 3.40. The van der Waals surface area contributed by atoms with E-state index in [0.717, 1.165) is 5.56 Å². The van der Waals surface area contributed by atoms with E-state index in [4.69, 9.17) is 14.2 Å². The Morgan fingerprint density at radius 3 is 2.37 bits per heavy atom. The molecule has 198 valence electrons. The molecule has 4 rings (SSSR count). The van der Waals surface area contributed by atoms with Crippen molar-refractivity contribution < 1.29 is 28.2 Å². The maximum absolute atomic E-state index is 14.7. The van der Waals surface area contributed by atoms with Crippen LogP contribution in [0.1, 0.15) is 33.9 Å². The Bertz CT molecular complexity index is 1310. The number of benzene rings is 3. The van der Waals surface area contributed by atoms with Gasteiger partial charge in [0.05, 0.1) is 32.6 Å².